The smallest absolute Gasteiger partial charge is 0.254 e. The maximum Gasteiger partial charge on any atom is 0.254 e. The summed E-state index contributed by atoms with van der Waals surface area (Å²) in [5.74, 6) is 1.63. The molecule has 0 spiro atoms. The van der Waals surface area contributed by atoms with Crippen LogP contribution in [0, 0.1) is 5.92 Å². The zero-order valence-corrected chi connectivity index (χ0v) is 18.3. The molecule has 1 aromatic heterocycles. The van der Waals surface area contributed by atoms with Crippen LogP contribution in [0.4, 0.5) is 10.8 Å². The van der Waals surface area contributed by atoms with E-state index in [4.69, 9.17) is 0 Å². The Balaban J connectivity index is 1.68. The van der Waals surface area contributed by atoms with E-state index in [1.807, 2.05) is 4.90 Å². The molecule has 2 heterocycles. The van der Waals surface area contributed by atoms with Crippen molar-refractivity contribution in [2.45, 2.75) is 52.5 Å². The first kappa shape index (κ1) is 21.2. The SMILES string of the molecule is CC(=O)Nc1ccc(C(=O)N2CC[C@@H](C)C[C@H]2CNc2nc(C(C)C)ns2)cc1. The maximum atomic E-state index is 13.1. The molecule has 1 saturated heterocycles. The highest BCUT2D eigenvalue weighted by Gasteiger charge is 2.30. The summed E-state index contributed by atoms with van der Waals surface area (Å²) in [5, 5.41) is 6.91. The van der Waals surface area contributed by atoms with Crippen molar-refractivity contribution in [1.29, 1.82) is 0 Å². The van der Waals surface area contributed by atoms with Crippen LogP contribution in [0.25, 0.3) is 0 Å². The van der Waals surface area contributed by atoms with Crippen molar-refractivity contribution >= 4 is 34.2 Å². The van der Waals surface area contributed by atoms with Gasteiger partial charge in [-0.2, -0.15) is 4.37 Å². The van der Waals surface area contributed by atoms with Gasteiger partial charge in [0.25, 0.3) is 5.91 Å². The van der Waals surface area contributed by atoms with Crippen LogP contribution in [0.3, 0.4) is 0 Å². The standard InChI is InChI=1S/C21H29N5O2S/c1-13(2)19-24-21(29-25-19)22-12-18-11-14(3)9-10-26(18)20(28)16-5-7-17(8-6-16)23-15(4)27/h5-8,13-14,18H,9-12H2,1-4H3,(H,23,27)(H,22,24,25)/t14-,18+/m1/s1. The van der Waals surface area contributed by atoms with E-state index in [9.17, 15) is 9.59 Å². The van der Waals surface area contributed by atoms with Gasteiger partial charge in [-0.3, -0.25) is 9.59 Å². The van der Waals surface area contributed by atoms with Gasteiger partial charge in [0.1, 0.15) is 5.82 Å². The minimum absolute atomic E-state index is 0.0261. The van der Waals surface area contributed by atoms with Gasteiger partial charge in [-0.1, -0.05) is 20.8 Å². The van der Waals surface area contributed by atoms with Crippen LogP contribution in [0.15, 0.2) is 24.3 Å². The molecule has 2 amide bonds. The summed E-state index contributed by atoms with van der Waals surface area (Å²) < 4.78 is 4.38. The number of aromatic nitrogens is 2. The van der Waals surface area contributed by atoms with Gasteiger partial charge < -0.3 is 15.5 Å². The quantitative estimate of drug-likeness (QED) is 0.745. The lowest BCUT2D eigenvalue weighted by atomic mass is 9.91. The molecular weight excluding hydrogens is 386 g/mol. The fourth-order valence-electron chi connectivity index (χ4n) is 3.52. The fraction of sp³-hybridized carbons (Fsp3) is 0.524. The molecule has 1 aliphatic heterocycles. The normalized spacial score (nSPS) is 19.3. The molecule has 0 aliphatic carbocycles. The number of hydrogen-bond donors (Lipinski definition) is 2. The number of amides is 2. The lowest BCUT2D eigenvalue weighted by molar-refractivity contribution is -0.114. The minimum atomic E-state index is -0.127. The number of carbonyl (C=O) groups excluding carboxylic acids is 2. The number of nitrogens with one attached hydrogen (secondary N) is 2. The average molecular weight is 416 g/mol. The molecule has 1 aliphatic rings. The third-order valence-electron chi connectivity index (χ3n) is 5.14. The van der Waals surface area contributed by atoms with Crippen LogP contribution < -0.4 is 10.6 Å². The van der Waals surface area contributed by atoms with Gasteiger partial charge in [-0.15, -0.1) is 0 Å². The molecule has 156 valence electrons. The number of piperidine rings is 1. The second-order valence-corrected chi connectivity index (χ2v) is 8.79. The predicted molar refractivity (Wildman–Crippen MR) is 116 cm³/mol. The first-order valence-corrected chi connectivity index (χ1v) is 10.9. The molecule has 3 rings (SSSR count). The van der Waals surface area contributed by atoms with Crippen molar-refractivity contribution in [2.75, 3.05) is 23.7 Å². The number of hydrogen-bond acceptors (Lipinski definition) is 6. The number of anilines is 2. The van der Waals surface area contributed by atoms with Crippen LogP contribution >= 0.6 is 11.5 Å². The van der Waals surface area contributed by atoms with E-state index in [1.165, 1.54) is 18.5 Å². The number of likely N-dealkylation sites (tertiary alicyclic amines) is 1. The third-order valence-corrected chi connectivity index (χ3v) is 5.83. The second kappa shape index (κ2) is 9.35. The summed E-state index contributed by atoms with van der Waals surface area (Å²) in [6, 6.07) is 7.19. The van der Waals surface area contributed by atoms with Crippen LogP contribution in [0.1, 0.15) is 62.6 Å². The molecule has 29 heavy (non-hydrogen) atoms. The van der Waals surface area contributed by atoms with Crippen molar-refractivity contribution in [3.05, 3.63) is 35.7 Å². The zero-order valence-electron chi connectivity index (χ0n) is 17.4. The van der Waals surface area contributed by atoms with E-state index in [0.29, 0.717) is 29.6 Å². The highest BCUT2D eigenvalue weighted by molar-refractivity contribution is 7.09. The molecule has 0 bridgehead atoms. The molecule has 1 fully saturated rings. The predicted octanol–water partition coefficient (Wildman–Crippen LogP) is 3.97. The Morgan fingerprint density at radius 3 is 2.62 bits per heavy atom. The second-order valence-electron chi connectivity index (χ2n) is 8.03. The van der Waals surface area contributed by atoms with Gasteiger partial charge in [0.05, 0.1) is 0 Å². The molecule has 0 radical (unpaired) electrons. The summed E-state index contributed by atoms with van der Waals surface area (Å²) in [7, 11) is 0. The summed E-state index contributed by atoms with van der Waals surface area (Å²) >= 11 is 1.37. The molecule has 7 nitrogen and oxygen atoms in total. The van der Waals surface area contributed by atoms with Crippen LogP contribution in [-0.4, -0.2) is 45.2 Å². The molecule has 2 aromatic rings. The molecule has 0 unspecified atom stereocenters. The molecule has 2 atom stereocenters. The van der Waals surface area contributed by atoms with Gasteiger partial charge >= 0.3 is 0 Å². The van der Waals surface area contributed by atoms with Gasteiger partial charge in [0, 0.05) is 54.8 Å². The number of benzene rings is 1. The number of nitrogens with zero attached hydrogens (tertiary/aromatic N) is 3. The van der Waals surface area contributed by atoms with Gasteiger partial charge in [-0.05, 0) is 43.0 Å². The molecule has 1 aromatic carbocycles. The van der Waals surface area contributed by atoms with E-state index in [0.717, 1.165) is 30.3 Å². The lowest BCUT2D eigenvalue weighted by Gasteiger charge is -2.38. The van der Waals surface area contributed by atoms with Crippen molar-refractivity contribution < 1.29 is 9.59 Å². The topological polar surface area (TPSA) is 87.2 Å². The summed E-state index contributed by atoms with van der Waals surface area (Å²) in [6.07, 6.45) is 1.96. The van der Waals surface area contributed by atoms with Crippen LogP contribution in [0.2, 0.25) is 0 Å². The van der Waals surface area contributed by atoms with E-state index < -0.39 is 0 Å². The minimum Gasteiger partial charge on any atom is -0.358 e. The van der Waals surface area contributed by atoms with Crippen molar-refractivity contribution in [3.8, 4) is 0 Å². The van der Waals surface area contributed by atoms with Crippen LogP contribution in [0.5, 0.6) is 0 Å². The van der Waals surface area contributed by atoms with Gasteiger partial charge in [0.2, 0.25) is 11.0 Å². The Morgan fingerprint density at radius 1 is 1.28 bits per heavy atom. The summed E-state index contributed by atoms with van der Waals surface area (Å²) in [5.41, 5.74) is 1.33. The summed E-state index contributed by atoms with van der Waals surface area (Å²) in [6.45, 7) is 9.25. The first-order valence-electron chi connectivity index (χ1n) is 10.1. The largest absolute Gasteiger partial charge is 0.358 e. The van der Waals surface area contributed by atoms with E-state index in [1.54, 1.807) is 24.3 Å². The molecule has 2 N–H and O–H groups in total. The fourth-order valence-corrected chi connectivity index (χ4v) is 4.24. The van der Waals surface area contributed by atoms with E-state index >= 15 is 0 Å². The zero-order chi connectivity index (χ0) is 21.0. The van der Waals surface area contributed by atoms with Gasteiger partial charge in [-0.25, -0.2) is 4.98 Å². The Kier molecular flexibility index (Phi) is 6.84. The monoisotopic (exact) mass is 415 g/mol. The van der Waals surface area contributed by atoms with Gasteiger partial charge in [0.15, 0.2) is 0 Å². The molecule has 0 saturated carbocycles. The van der Waals surface area contributed by atoms with Crippen molar-refractivity contribution in [3.63, 3.8) is 0 Å². The number of carbonyl (C=O) groups is 2. The number of rotatable bonds is 6. The van der Waals surface area contributed by atoms with E-state index in [-0.39, 0.29) is 17.9 Å². The maximum absolute atomic E-state index is 13.1. The Hall–Kier alpha value is -2.48. The molecule has 8 heteroatoms. The Bertz CT molecular complexity index is 849. The third kappa shape index (κ3) is 5.53. The lowest BCUT2D eigenvalue weighted by Crippen LogP contribution is -2.48. The highest BCUT2D eigenvalue weighted by Crippen LogP contribution is 2.26. The van der Waals surface area contributed by atoms with Crippen LogP contribution in [-0.2, 0) is 4.79 Å². The van der Waals surface area contributed by atoms with Crippen molar-refractivity contribution in [2.24, 2.45) is 5.92 Å². The Labute approximate surface area is 176 Å². The summed E-state index contributed by atoms with van der Waals surface area (Å²) in [4.78, 5) is 30.8. The average Bonchev–Trinajstić information content (AvgIpc) is 3.15. The molecular formula is C21H29N5O2S. The first-order chi connectivity index (χ1) is 13.8. The van der Waals surface area contributed by atoms with E-state index in [2.05, 4.69) is 40.8 Å². The van der Waals surface area contributed by atoms with Crippen molar-refractivity contribution in [1.82, 2.24) is 14.3 Å². The highest BCUT2D eigenvalue weighted by atomic mass is 32.1. The Morgan fingerprint density at radius 2 is 2.00 bits per heavy atom.